The van der Waals surface area contributed by atoms with Crippen molar-refractivity contribution >= 4 is 17.4 Å². The van der Waals surface area contributed by atoms with Crippen LogP contribution >= 0.6 is 11.8 Å². The van der Waals surface area contributed by atoms with E-state index >= 15 is 0 Å². The van der Waals surface area contributed by atoms with Crippen LogP contribution in [0.2, 0.25) is 0 Å². The average molecular weight is 282 g/mol. The van der Waals surface area contributed by atoms with Crippen LogP contribution in [0.1, 0.15) is 29.7 Å². The molecule has 0 aliphatic rings. The van der Waals surface area contributed by atoms with Crippen LogP contribution < -0.4 is 5.32 Å². The van der Waals surface area contributed by atoms with Gasteiger partial charge in [0.2, 0.25) is 0 Å². The Bertz CT molecular complexity index is 626. The van der Waals surface area contributed by atoms with Gasteiger partial charge < -0.3 is 5.32 Å². The van der Waals surface area contributed by atoms with Crippen LogP contribution in [0, 0.1) is 18.3 Å². The number of nitriles is 1. The summed E-state index contributed by atoms with van der Waals surface area (Å²) >= 11 is 1.74. The van der Waals surface area contributed by atoms with Crippen molar-refractivity contribution in [2.24, 2.45) is 0 Å². The lowest BCUT2D eigenvalue weighted by atomic mass is 10.1. The van der Waals surface area contributed by atoms with Gasteiger partial charge in [-0.1, -0.05) is 18.2 Å². The Hall–Kier alpha value is -1.92. The molecule has 2 aromatic carbocycles. The van der Waals surface area contributed by atoms with Gasteiger partial charge in [-0.05, 0) is 55.5 Å². The summed E-state index contributed by atoms with van der Waals surface area (Å²) in [6.45, 7) is 4.18. The van der Waals surface area contributed by atoms with Crippen LogP contribution in [0.15, 0.2) is 47.4 Å². The fourth-order valence-corrected chi connectivity index (χ4v) is 2.46. The molecule has 0 bridgehead atoms. The zero-order valence-corrected chi connectivity index (χ0v) is 12.8. The van der Waals surface area contributed by atoms with E-state index in [1.807, 2.05) is 25.1 Å². The van der Waals surface area contributed by atoms with E-state index in [0.717, 1.165) is 11.3 Å². The quantitative estimate of drug-likeness (QED) is 0.821. The number of hydrogen-bond donors (Lipinski definition) is 1. The van der Waals surface area contributed by atoms with Crippen LogP contribution in [0.25, 0.3) is 0 Å². The third-order valence-corrected chi connectivity index (χ3v) is 4.10. The maximum Gasteiger partial charge on any atom is 0.0992 e. The molecule has 102 valence electrons. The number of nitrogens with one attached hydrogen (secondary N) is 1. The first kappa shape index (κ1) is 14.5. The van der Waals surface area contributed by atoms with Crippen molar-refractivity contribution in [2.75, 3.05) is 11.6 Å². The van der Waals surface area contributed by atoms with Gasteiger partial charge in [-0.3, -0.25) is 0 Å². The Morgan fingerprint density at radius 2 is 1.85 bits per heavy atom. The fourth-order valence-electron chi connectivity index (χ4n) is 2.06. The Labute approximate surface area is 124 Å². The van der Waals surface area contributed by atoms with Gasteiger partial charge in [0, 0.05) is 16.6 Å². The summed E-state index contributed by atoms with van der Waals surface area (Å²) in [5.41, 5.74) is 4.09. The van der Waals surface area contributed by atoms with E-state index in [9.17, 15) is 0 Å². The standard InChI is InChI=1S/C17H18N2S/c1-12-4-5-14(11-18)10-17(12)19-13(2)15-6-8-16(20-3)9-7-15/h4-10,13,19H,1-3H3. The zero-order chi connectivity index (χ0) is 14.5. The highest BCUT2D eigenvalue weighted by atomic mass is 32.2. The summed E-state index contributed by atoms with van der Waals surface area (Å²) in [4.78, 5) is 1.27. The molecule has 0 saturated heterocycles. The first-order valence-electron chi connectivity index (χ1n) is 6.55. The topological polar surface area (TPSA) is 35.8 Å². The lowest BCUT2D eigenvalue weighted by Crippen LogP contribution is -2.07. The molecule has 3 heteroatoms. The minimum atomic E-state index is 0.207. The molecule has 0 aliphatic carbocycles. The molecular formula is C17H18N2S. The van der Waals surface area contributed by atoms with Gasteiger partial charge in [-0.15, -0.1) is 11.8 Å². The highest BCUT2D eigenvalue weighted by molar-refractivity contribution is 7.98. The highest BCUT2D eigenvalue weighted by Crippen LogP contribution is 2.24. The molecular weight excluding hydrogens is 264 g/mol. The van der Waals surface area contributed by atoms with Gasteiger partial charge in [-0.25, -0.2) is 0 Å². The Morgan fingerprint density at radius 3 is 2.45 bits per heavy atom. The van der Waals surface area contributed by atoms with Gasteiger partial charge in [-0.2, -0.15) is 5.26 Å². The maximum absolute atomic E-state index is 8.98. The number of aryl methyl sites for hydroxylation is 1. The zero-order valence-electron chi connectivity index (χ0n) is 12.0. The molecule has 1 N–H and O–H groups in total. The average Bonchev–Trinajstić information content (AvgIpc) is 2.49. The van der Waals surface area contributed by atoms with Crippen molar-refractivity contribution in [3.8, 4) is 6.07 Å². The number of benzene rings is 2. The van der Waals surface area contributed by atoms with Crippen LogP contribution in [-0.4, -0.2) is 6.26 Å². The first-order chi connectivity index (χ1) is 9.63. The Morgan fingerprint density at radius 1 is 1.15 bits per heavy atom. The highest BCUT2D eigenvalue weighted by Gasteiger charge is 2.07. The summed E-state index contributed by atoms with van der Waals surface area (Å²) in [5.74, 6) is 0. The van der Waals surface area contributed by atoms with Crippen molar-refractivity contribution in [3.63, 3.8) is 0 Å². The SMILES string of the molecule is CSc1ccc(C(C)Nc2cc(C#N)ccc2C)cc1. The summed E-state index contributed by atoms with van der Waals surface area (Å²) < 4.78 is 0. The van der Waals surface area contributed by atoms with Crippen LogP contribution in [0.3, 0.4) is 0 Å². The summed E-state index contributed by atoms with van der Waals surface area (Å²) in [5, 5.41) is 12.5. The minimum absolute atomic E-state index is 0.207. The van der Waals surface area contributed by atoms with Crippen LogP contribution in [0.5, 0.6) is 0 Å². The number of anilines is 1. The third kappa shape index (κ3) is 3.34. The second-order valence-corrected chi connectivity index (χ2v) is 5.66. The second-order valence-electron chi connectivity index (χ2n) is 4.78. The number of nitrogens with zero attached hydrogens (tertiary/aromatic N) is 1. The number of hydrogen-bond acceptors (Lipinski definition) is 3. The molecule has 0 heterocycles. The van der Waals surface area contributed by atoms with Crippen molar-refractivity contribution in [1.29, 1.82) is 5.26 Å². The molecule has 0 radical (unpaired) electrons. The van der Waals surface area contributed by atoms with E-state index in [4.69, 9.17) is 5.26 Å². The fraction of sp³-hybridized carbons (Fsp3) is 0.235. The van der Waals surface area contributed by atoms with E-state index in [-0.39, 0.29) is 6.04 Å². The van der Waals surface area contributed by atoms with Crippen molar-refractivity contribution in [1.82, 2.24) is 0 Å². The summed E-state index contributed by atoms with van der Waals surface area (Å²) in [7, 11) is 0. The molecule has 0 spiro atoms. The Balaban J connectivity index is 2.18. The van der Waals surface area contributed by atoms with Gasteiger partial charge in [0.15, 0.2) is 0 Å². The Kier molecular flexibility index (Phi) is 4.70. The maximum atomic E-state index is 8.98. The van der Waals surface area contributed by atoms with Crippen LogP contribution in [0.4, 0.5) is 5.69 Å². The lowest BCUT2D eigenvalue weighted by Gasteiger charge is -2.18. The molecule has 0 aromatic heterocycles. The second kappa shape index (κ2) is 6.49. The van der Waals surface area contributed by atoms with Gasteiger partial charge in [0.05, 0.1) is 11.6 Å². The van der Waals surface area contributed by atoms with Crippen molar-refractivity contribution in [2.45, 2.75) is 24.8 Å². The number of rotatable bonds is 4. The van der Waals surface area contributed by atoms with Crippen LogP contribution in [-0.2, 0) is 0 Å². The molecule has 20 heavy (non-hydrogen) atoms. The molecule has 0 fully saturated rings. The van der Waals surface area contributed by atoms with Gasteiger partial charge in [0.1, 0.15) is 0 Å². The molecule has 2 aromatic rings. The van der Waals surface area contributed by atoms with E-state index < -0.39 is 0 Å². The molecule has 0 saturated carbocycles. The molecule has 0 aliphatic heterocycles. The van der Waals surface area contributed by atoms with Crippen molar-refractivity contribution < 1.29 is 0 Å². The molecule has 2 rings (SSSR count). The molecule has 1 unspecified atom stereocenters. The smallest absolute Gasteiger partial charge is 0.0992 e. The first-order valence-corrected chi connectivity index (χ1v) is 7.77. The molecule has 1 atom stereocenters. The lowest BCUT2D eigenvalue weighted by molar-refractivity contribution is 0.880. The van der Waals surface area contributed by atoms with Gasteiger partial charge in [0.25, 0.3) is 0 Å². The largest absolute Gasteiger partial charge is 0.378 e. The van der Waals surface area contributed by atoms with E-state index in [2.05, 4.69) is 48.8 Å². The monoisotopic (exact) mass is 282 g/mol. The normalized spacial score (nSPS) is 11.7. The summed E-state index contributed by atoms with van der Waals surface area (Å²) in [6.07, 6.45) is 2.08. The third-order valence-electron chi connectivity index (χ3n) is 3.35. The predicted octanol–water partition coefficient (Wildman–Crippen LogP) is 4.76. The van der Waals surface area contributed by atoms with E-state index in [0.29, 0.717) is 5.56 Å². The predicted molar refractivity (Wildman–Crippen MR) is 86.2 cm³/mol. The van der Waals surface area contributed by atoms with Gasteiger partial charge >= 0.3 is 0 Å². The van der Waals surface area contributed by atoms with E-state index in [1.54, 1.807) is 11.8 Å². The molecule has 2 nitrogen and oxygen atoms in total. The van der Waals surface area contributed by atoms with Crippen molar-refractivity contribution in [3.05, 3.63) is 59.2 Å². The minimum Gasteiger partial charge on any atom is -0.378 e. The molecule has 0 amide bonds. The number of thioether (sulfide) groups is 1. The summed E-state index contributed by atoms with van der Waals surface area (Å²) in [6, 6.07) is 16.7. The van der Waals surface area contributed by atoms with E-state index in [1.165, 1.54) is 10.5 Å².